The van der Waals surface area contributed by atoms with Crippen molar-refractivity contribution < 1.29 is 23.7 Å². The highest BCUT2D eigenvalue weighted by Crippen LogP contribution is 2.48. The van der Waals surface area contributed by atoms with Crippen molar-refractivity contribution >= 4 is 31.6 Å². The zero-order valence-corrected chi connectivity index (χ0v) is 17.7. The molecule has 1 aliphatic rings. The van der Waals surface area contributed by atoms with Gasteiger partial charge in [0.25, 0.3) is 0 Å². The van der Waals surface area contributed by atoms with Crippen LogP contribution in [0.1, 0.15) is 24.8 Å². The molecule has 0 amide bonds. The topological polar surface area (TPSA) is 73.8 Å². The highest BCUT2D eigenvalue weighted by atomic mass is 31.0. The first-order valence-electron chi connectivity index (χ1n) is 9.51. The molecular formula is C21H27F2N2O3P. The standard InChI is InChI=1S/C21H27F2N2O3P/c1-12-3-4-15(14(22)7-12)24-20-18(23)17(29)8-16(28-2)19(20)25-21(5-6-21)9-13(10-26)11-27/h3-4,7-8,13,24-27H,5-6,9-11,29H2,1-2H3. The number of benzene rings is 2. The van der Waals surface area contributed by atoms with Crippen LogP contribution in [0.4, 0.5) is 25.8 Å². The van der Waals surface area contributed by atoms with Gasteiger partial charge in [0.2, 0.25) is 0 Å². The van der Waals surface area contributed by atoms with E-state index in [2.05, 4.69) is 19.9 Å². The number of halogens is 2. The summed E-state index contributed by atoms with van der Waals surface area (Å²) < 4.78 is 34.9. The zero-order valence-electron chi connectivity index (χ0n) is 16.6. The van der Waals surface area contributed by atoms with Gasteiger partial charge in [0.05, 0.1) is 12.8 Å². The predicted molar refractivity (Wildman–Crippen MR) is 115 cm³/mol. The zero-order chi connectivity index (χ0) is 21.2. The van der Waals surface area contributed by atoms with E-state index in [0.29, 0.717) is 17.9 Å². The summed E-state index contributed by atoms with van der Waals surface area (Å²) in [7, 11) is 3.81. The average Bonchev–Trinajstić information content (AvgIpc) is 3.46. The summed E-state index contributed by atoms with van der Waals surface area (Å²) >= 11 is 0. The van der Waals surface area contributed by atoms with Crippen molar-refractivity contribution in [1.82, 2.24) is 0 Å². The second kappa shape index (κ2) is 8.82. The fourth-order valence-corrected chi connectivity index (χ4v) is 3.74. The molecule has 5 nitrogen and oxygen atoms in total. The number of anilines is 3. The van der Waals surface area contributed by atoms with E-state index in [9.17, 15) is 14.6 Å². The van der Waals surface area contributed by atoms with Gasteiger partial charge in [0, 0.05) is 30.0 Å². The number of rotatable bonds is 9. The van der Waals surface area contributed by atoms with Crippen LogP contribution < -0.4 is 20.7 Å². The highest BCUT2D eigenvalue weighted by Gasteiger charge is 2.45. The van der Waals surface area contributed by atoms with Crippen molar-refractivity contribution in [2.24, 2.45) is 5.92 Å². The summed E-state index contributed by atoms with van der Waals surface area (Å²) in [4.78, 5) is 0. The molecule has 1 fully saturated rings. The number of aryl methyl sites for hydroxylation is 1. The van der Waals surface area contributed by atoms with Gasteiger partial charge in [-0.1, -0.05) is 6.07 Å². The second-order valence-electron chi connectivity index (χ2n) is 7.68. The van der Waals surface area contributed by atoms with E-state index in [0.717, 1.165) is 18.4 Å². The SMILES string of the molecule is COc1cc(P)c(F)c(Nc2ccc(C)cc2F)c1NC1(CC(CO)CO)CC1. The lowest BCUT2D eigenvalue weighted by molar-refractivity contribution is 0.138. The summed E-state index contributed by atoms with van der Waals surface area (Å²) in [5, 5.41) is 25.4. The van der Waals surface area contributed by atoms with Crippen molar-refractivity contribution in [3.8, 4) is 5.75 Å². The van der Waals surface area contributed by atoms with Gasteiger partial charge in [-0.15, -0.1) is 9.24 Å². The van der Waals surface area contributed by atoms with Crippen LogP contribution in [0.5, 0.6) is 5.75 Å². The van der Waals surface area contributed by atoms with Gasteiger partial charge >= 0.3 is 0 Å². The molecule has 1 aliphatic carbocycles. The third-order valence-corrected chi connectivity index (χ3v) is 5.72. The Labute approximate surface area is 171 Å². The number of aliphatic hydroxyl groups is 2. The molecule has 0 radical (unpaired) electrons. The van der Waals surface area contributed by atoms with Crippen LogP contribution in [0.2, 0.25) is 0 Å². The van der Waals surface area contributed by atoms with Crippen molar-refractivity contribution in [1.29, 1.82) is 0 Å². The Bertz CT molecular complexity index is 887. The van der Waals surface area contributed by atoms with Crippen molar-refractivity contribution in [3.63, 3.8) is 0 Å². The Kier molecular flexibility index (Phi) is 6.62. The van der Waals surface area contributed by atoms with Crippen LogP contribution >= 0.6 is 9.24 Å². The van der Waals surface area contributed by atoms with Crippen LogP contribution in [0, 0.1) is 24.5 Å². The maximum absolute atomic E-state index is 15.1. The van der Waals surface area contributed by atoms with Crippen LogP contribution in [-0.4, -0.2) is 36.1 Å². The summed E-state index contributed by atoms with van der Waals surface area (Å²) in [6.45, 7) is 1.52. The third kappa shape index (κ3) is 4.80. The first-order valence-corrected chi connectivity index (χ1v) is 10.1. The Morgan fingerprint density at radius 2 is 1.86 bits per heavy atom. The maximum atomic E-state index is 15.1. The van der Waals surface area contributed by atoms with E-state index in [-0.39, 0.29) is 41.3 Å². The monoisotopic (exact) mass is 424 g/mol. The first-order chi connectivity index (χ1) is 13.8. The molecule has 0 aromatic heterocycles. The molecule has 29 heavy (non-hydrogen) atoms. The number of aliphatic hydroxyl groups excluding tert-OH is 2. The van der Waals surface area contributed by atoms with Crippen molar-refractivity contribution in [2.45, 2.75) is 31.7 Å². The van der Waals surface area contributed by atoms with Gasteiger partial charge in [-0.05, 0) is 49.9 Å². The van der Waals surface area contributed by atoms with Crippen LogP contribution in [-0.2, 0) is 0 Å². The minimum Gasteiger partial charge on any atom is -0.494 e. The number of hydrogen-bond donors (Lipinski definition) is 4. The summed E-state index contributed by atoms with van der Waals surface area (Å²) in [6, 6.07) is 6.25. The maximum Gasteiger partial charge on any atom is 0.156 e. The van der Waals surface area contributed by atoms with Gasteiger partial charge in [0.15, 0.2) is 5.82 Å². The number of hydrogen-bond acceptors (Lipinski definition) is 5. The molecule has 2 aromatic carbocycles. The Morgan fingerprint density at radius 1 is 1.17 bits per heavy atom. The van der Waals surface area contributed by atoms with Gasteiger partial charge in [-0.3, -0.25) is 0 Å². The normalized spacial score (nSPS) is 14.8. The average molecular weight is 424 g/mol. The van der Waals surface area contributed by atoms with E-state index >= 15 is 4.39 Å². The molecule has 0 bridgehead atoms. The smallest absolute Gasteiger partial charge is 0.156 e. The lowest BCUT2D eigenvalue weighted by Crippen LogP contribution is -2.29. The fraction of sp³-hybridized carbons (Fsp3) is 0.429. The molecule has 1 saturated carbocycles. The molecule has 1 unspecified atom stereocenters. The van der Waals surface area contributed by atoms with Crippen LogP contribution in [0.15, 0.2) is 24.3 Å². The number of nitrogens with one attached hydrogen (secondary N) is 2. The molecule has 1 atom stereocenters. The Hall–Kier alpha value is -1.95. The highest BCUT2D eigenvalue weighted by molar-refractivity contribution is 7.27. The quantitative estimate of drug-likeness (QED) is 0.464. The minimum atomic E-state index is -0.532. The van der Waals surface area contributed by atoms with Gasteiger partial charge in [-0.25, -0.2) is 8.78 Å². The molecule has 158 valence electrons. The molecule has 0 spiro atoms. The van der Waals surface area contributed by atoms with Crippen molar-refractivity contribution in [3.05, 3.63) is 41.5 Å². The first kappa shape index (κ1) is 21.8. The summed E-state index contributed by atoms with van der Waals surface area (Å²) in [5.74, 6) is -0.866. The molecule has 8 heteroatoms. The summed E-state index contributed by atoms with van der Waals surface area (Å²) in [5.41, 5.74) is 1.03. The largest absolute Gasteiger partial charge is 0.494 e. The van der Waals surface area contributed by atoms with Gasteiger partial charge < -0.3 is 25.6 Å². The minimum absolute atomic E-state index is 0.0907. The van der Waals surface area contributed by atoms with Crippen LogP contribution in [0.25, 0.3) is 0 Å². The molecule has 0 saturated heterocycles. The van der Waals surface area contributed by atoms with E-state index in [1.54, 1.807) is 25.1 Å². The molecular weight excluding hydrogens is 397 g/mol. The lowest BCUT2D eigenvalue weighted by Gasteiger charge is -2.26. The van der Waals surface area contributed by atoms with E-state index in [4.69, 9.17) is 4.74 Å². The molecule has 3 rings (SSSR count). The Balaban J connectivity index is 2.00. The van der Waals surface area contributed by atoms with Crippen LogP contribution in [0.3, 0.4) is 0 Å². The lowest BCUT2D eigenvalue weighted by atomic mass is 9.99. The molecule has 4 N–H and O–H groups in total. The van der Waals surface area contributed by atoms with Gasteiger partial charge in [-0.2, -0.15) is 0 Å². The summed E-state index contributed by atoms with van der Waals surface area (Å²) in [6.07, 6.45) is 2.16. The number of ether oxygens (including phenoxy) is 1. The molecule has 0 heterocycles. The Morgan fingerprint density at radius 3 is 2.41 bits per heavy atom. The fourth-order valence-electron chi connectivity index (χ4n) is 3.45. The second-order valence-corrected chi connectivity index (χ2v) is 8.30. The van der Waals surface area contributed by atoms with Crippen molar-refractivity contribution in [2.75, 3.05) is 31.0 Å². The molecule has 2 aromatic rings. The van der Waals surface area contributed by atoms with E-state index in [1.807, 2.05) is 0 Å². The molecule has 0 aliphatic heterocycles. The number of methoxy groups -OCH3 is 1. The third-order valence-electron chi connectivity index (χ3n) is 5.30. The van der Waals surface area contributed by atoms with E-state index < -0.39 is 11.6 Å². The van der Waals surface area contributed by atoms with E-state index in [1.165, 1.54) is 13.2 Å². The van der Waals surface area contributed by atoms with Gasteiger partial charge in [0.1, 0.15) is 22.9 Å². The predicted octanol–water partition coefficient (Wildman–Crippen LogP) is 3.46.